The highest BCUT2D eigenvalue weighted by atomic mass is 16.6. The summed E-state index contributed by atoms with van der Waals surface area (Å²) in [7, 11) is 0. The molecule has 0 heterocycles. The molecule has 1 fully saturated rings. The number of carbonyl (C=O) groups excluding carboxylic acids is 2. The van der Waals surface area contributed by atoms with Gasteiger partial charge < -0.3 is 14.8 Å². The molecule has 2 rings (SSSR count). The van der Waals surface area contributed by atoms with Crippen LogP contribution in [0.2, 0.25) is 0 Å². The van der Waals surface area contributed by atoms with Gasteiger partial charge in [0.05, 0.1) is 6.61 Å². The minimum atomic E-state index is -0.383. The Kier molecular flexibility index (Phi) is 6.91. The molecule has 1 aromatic carbocycles. The molecule has 1 N–H and O–H groups in total. The number of carbonyl (C=O) groups is 2. The van der Waals surface area contributed by atoms with Crippen LogP contribution in [0.1, 0.15) is 55.8 Å². The molecule has 126 valence electrons. The van der Waals surface area contributed by atoms with Gasteiger partial charge in [0.15, 0.2) is 6.61 Å². The van der Waals surface area contributed by atoms with E-state index < -0.39 is 0 Å². The minimum Gasteiger partial charge on any atom is -0.482 e. The lowest BCUT2D eigenvalue weighted by molar-refractivity contribution is -0.146. The third kappa shape index (κ3) is 5.93. The standard InChI is InChI=1S/C18H25NO4/c1-2-12-22-17(20)13-23-16-10-8-14(9-11-16)18(21)19-15-6-4-3-5-7-15/h8-11,15H,2-7,12-13H2,1H3,(H,19,21). The first-order valence-electron chi connectivity index (χ1n) is 8.38. The fourth-order valence-corrected chi connectivity index (χ4v) is 2.62. The summed E-state index contributed by atoms with van der Waals surface area (Å²) in [6, 6.07) is 7.11. The monoisotopic (exact) mass is 319 g/mol. The Balaban J connectivity index is 1.79. The van der Waals surface area contributed by atoms with Gasteiger partial charge in [0.1, 0.15) is 5.75 Å². The number of hydrogen-bond donors (Lipinski definition) is 1. The van der Waals surface area contributed by atoms with Gasteiger partial charge >= 0.3 is 5.97 Å². The summed E-state index contributed by atoms with van der Waals surface area (Å²) >= 11 is 0. The molecule has 0 unspecified atom stereocenters. The van der Waals surface area contributed by atoms with Crippen molar-refractivity contribution in [2.75, 3.05) is 13.2 Å². The maximum absolute atomic E-state index is 12.2. The van der Waals surface area contributed by atoms with E-state index in [9.17, 15) is 9.59 Å². The second-order valence-corrected chi connectivity index (χ2v) is 5.84. The van der Waals surface area contributed by atoms with E-state index in [0.29, 0.717) is 24.0 Å². The van der Waals surface area contributed by atoms with E-state index in [2.05, 4.69) is 5.32 Å². The minimum absolute atomic E-state index is 0.0502. The normalized spacial score (nSPS) is 15.0. The van der Waals surface area contributed by atoms with Gasteiger partial charge in [-0.2, -0.15) is 0 Å². The van der Waals surface area contributed by atoms with Gasteiger partial charge in [0, 0.05) is 11.6 Å². The summed E-state index contributed by atoms with van der Waals surface area (Å²) < 4.78 is 10.3. The van der Waals surface area contributed by atoms with E-state index in [4.69, 9.17) is 9.47 Å². The number of amides is 1. The number of benzene rings is 1. The van der Waals surface area contributed by atoms with Crippen molar-refractivity contribution in [3.63, 3.8) is 0 Å². The lowest BCUT2D eigenvalue weighted by Crippen LogP contribution is -2.36. The molecule has 1 aromatic rings. The SMILES string of the molecule is CCCOC(=O)COc1ccc(C(=O)NC2CCCCC2)cc1. The highest BCUT2D eigenvalue weighted by Gasteiger charge is 2.16. The predicted molar refractivity (Wildman–Crippen MR) is 87.5 cm³/mol. The summed E-state index contributed by atoms with van der Waals surface area (Å²) in [5.74, 6) is 0.115. The molecule has 23 heavy (non-hydrogen) atoms. The van der Waals surface area contributed by atoms with Crippen LogP contribution in [-0.4, -0.2) is 31.1 Å². The fourth-order valence-electron chi connectivity index (χ4n) is 2.62. The molecule has 0 bridgehead atoms. The summed E-state index contributed by atoms with van der Waals surface area (Å²) in [4.78, 5) is 23.5. The van der Waals surface area contributed by atoms with Crippen molar-refractivity contribution >= 4 is 11.9 Å². The lowest BCUT2D eigenvalue weighted by Gasteiger charge is -2.22. The second kappa shape index (κ2) is 9.18. The average Bonchev–Trinajstić information content (AvgIpc) is 2.59. The van der Waals surface area contributed by atoms with Gasteiger partial charge in [-0.1, -0.05) is 26.2 Å². The van der Waals surface area contributed by atoms with E-state index in [1.54, 1.807) is 24.3 Å². The summed E-state index contributed by atoms with van der Waals surface area (Å²) in [6.07, 6.45) is 6.55. The first-order valence-corrected chi connectivity index (χ1v) is 8.38. The maximum atomic E-state index is 12.2. The topological polar surface area (TPSA) is 64.6 Å². The van der Waals surface area contributed by atoms with E-state index in [1.807, 2.05) is 6.92 Å². The van der Waals surface area contributed by atoms with Gasteiger partial charge in [-0.25, -0.2) is 4.79 Å². The van der Waals surface area contributed by atoms with Crippen LogP contribution in [0.3, 0.4) is 0 Å². The lowest BCUT2D eigenvalue weighted by atomic mass is 9.95. The van der Waals surface area contributed by atoms with Crippen molar-refractivity contribution < 1.29 is 19.1 Å². The highest BCUT2D eigenvalue weighted by Crippen LogP contribution is 2.18. The van der Waals surface area contributed by atoms with E-state index >= 15 is 0 Å². The van der Waals surface area contributed by atoms with Crippen LogP contribution in [0.15, 0.2) is 24.3 Å². The molecule has 1 amide bonds. The number of rotatable bonds is 7. The van der Waals surface area contributed by atoms with Crippen LogP contribution in [0.25, 0.3) is 0 Å². The quantitative estimate of drug-likeness (QED) is 0.784. The zero-order chi connectivity index (χ0) is 16.5. The van der Waals surface area contributed by atoms with Crippen LogP contribution in [0.5, 0.6) is 5.75 Å². The second-order valence-electron chi connectivity index (χ2n) is 5.84. The zero-order valence-corrected chi connectivity index (χ0v) is 13.7. The number of hydrogen-bond acceptors (Lipinski definition) is 4. The average molecular weight is 319 g/mol. The van der Waals surface area contributed by atoms with Crippen LogP contribution in [0.4, 0.5) is 0 Å². The van der Waals surface area contributed by atoms with Gasteiger partial charge in [-0.05, 0) is 43.5 Å². The van der Waals surface area contributed by atoms with Crippen molar-refractivity contribution in [2.24, 2.45) is 0 Å². The molecule has 5 nitrogen and oxygen atoms in total. The molecule has 0 radical (unpaired) electrons. The molecule has 0 spiro atoms. The van der Waals surface area contributed by atoms with Crippen molar-refractivity contribution in [3.8, 4) is 5.75 Å². The van der Waals surface area contributed by atoms with Crippen LogP contribution < -0.4 is 10.1 Å². The third-order valence-electron chi connectivity index (χ3n) is 3.88. The summed E-state index contributed by atoms with van der Waals surface area (Å²) in [5, 5.41) is 3.07. The van der Waals surface area contributed by atoms with Crippen molar-refractivity contribution in [1.82, 2.24) is 5.32 Å². The Morgan fingerprint density at radius 3 is 2.48 bits per heavy atom. The molecule has 1 saturated carbocycles. The smallest absolute Gasteiger partial charge is 0.344 e. The molecule has 0 saturated heterocycles. The Bertz CT molecular complexity index is 506. The van der Waals surface area contributed by atoms with Crippen LogP contribution in [0, 0.1) is 0 Å². The molecule has 0 aliphatic heterocycles. The van der Waals surface area contributed by atoms with E-state index in [0.717, 1.165) is 19.3 Å². The molecular weight excluding hydrogens is 294 g/mol. The van der Waals surface area contributed by atoms with Crippen molar-refractivity contribution in [1.29, 1.82) is 0 Å². The first-order chi connectivity index (χ1) is 11.2. The van der Waals surface area contributed by atoms with Crippen molar-refractivity contribution in [3.05, 3.63) is 29.8 Å². The Labute approximate surface area is 137 Å². The molecule has 0 atom stereocenters. The Hall–Kier alpha value is -2.04. The third-order valence-corrected chi connectivity index (χ3v) is 3.88. The predicted octanol–water partition coefficient (Wildman–Crippen LogP) is 3.08. The number of ether oxygens (including phenoxy) is 2. The first kappa shape index (κ1) is 17.3. The highest BCUT2D eigenvalue weighted by molar-refractivity contribution is 5.94. The zero-order valence-electron chi connectivity index (χ0n) is 13.7. The molecule has 1 aliphatic rings. The van der Waals surface area contributed by atoms with Gasteiger partial charge in [0.2, 0.25) is 0 Å². The van der Waals surface area contributed by atoms with E-state index in [-0.39, 0.29) is 18.5 Å². The van der Waals surface area contributed by atoms with Crippen LogP contribution >= 0.6 is 0 Å². The molecule has 5 heteroatoms. The summed E-state index contributed by atoms with van der Waals surface area (Å²) in [5.41, 5.74) is 0.608. The number of esters is 1. The van der Waals surface area contributed by atoms with E-state index in [1.165, 1.54) is 19.3 Å². The van der Waals surface area contributed by atoms with Crippen molar-refractivity contribution in [2.45, 2.75) is 51.5 Å². The maximum Gasteiger partial charge on any atom is 0.344 e. The summed E-state index contributed by atoms with van der Waals surface area (Å²) in [6.45, 7) is 2.22. The molecule has 0 aromatic heterocycles. The Morgan fingerprint density at radius 2 is 1.83 bits per heavy atom. The van der Waals surface area contributed by atoms with Gasteiger partial charge in [-0.3, -0.25) is 4.79 Å². The largest absolute Gasteiger partial charge is 0.482 e. The van der Waals surface area contributed by atoms with Gasteiger partial charge in [-0.15, -0.1) is 0 Å². The molecule has 1 aliphatic carbocycles. The Morgan fingerprint density at radius 1 is 1.13 bits per heavy atom. The fraction of sp³-hybridized carbons (Fsp3) is 0.556. The molecular formula is C18H25NO4. The number of nitrogens with one attached hydrogen (secondary N) is 1. The van der Waals surface area contributed by atoms with Crippen LogP contribution in [-0.2, 0) is 9.53 Å². The van der Waals surface area contributed by atoms with Gasteiger partial charge in [0.25, 0.3) is 5.91 Å².